The number of amides is 3. The summed E-state index contributed by atoms with van der Waals surface area (Å²) in [7, 11) is -0.0554. The van der Waals surface area contributed by atoms with E-state index < -0.39 is 21.9 Å². The van der Waals surface area contributed by atoms with Gasteiger partial charge in [-0.05, 0) is 98.2 Å². The minimum absolute atomic E-state index is 0.0346. The lowest BCUT2D eigenvalue weighted by molar-refractivity contribution is -0.00645. The Kier molecular flexibility index (Phi) is 9.49. The lowest BCUT2D eigenvalue weighted by Crippen LogP contribution is -2.58. The van der Waals surface area contributed by atoms with Crippen LogP contribution in [0.15, 0.2) is 52.9 Å². The normalized spacial score (nSPS) is 31.2. The number of halogens is 1. The molecular weight excluding hydrogens is 652 g/mol. The Balaban J connectivity index is 1.26. The maximum atomic E-state index is 14.2. The van der Waals surface area contributed by atoms with Crippen molar-refractivity contribution in [2.24, 2.45) is 16.2 Å². The van der Waals surface area contributed by atoms with E-state index in [-0.39, 0.29) is 23.4 Å². The molecule has 1 saturated heterocycles. The highest BCUT2D eigenvalue weighted by atomic mass is 35.5. The van der Waals surface area contributed by atoms with E-state index in [2.05, 4.69) is 38.3 Å². The zero-order chi connectivity index (χ0) is 33.5. The summed E-state index contributed by atoms with van der Waals surface area (Å²) in [4.78, 5) is 30.7. The monoisotopic (exact) mass is 696 g/mol. The maximum Gasteiger partial charge on any atom is 0.330 e. The topological polar surface area (TPSA) is 110 Å². The number of carbonyl (C=O) groups excluding carboxylic acids is 2. The second kappa shape index (κ2) is 13.7. The lowest BCUT2D eigenvalue weighted by atomic mass is 9.68. The van der Waals surface area contributed by atoms with E-state index >= 15 is 0 Å². The molecule has 3 aliphatic heterocycles. The molecule has 258 valence electrons. The highest BCUT2D eigenvalue weighted by molar-refractivity contribution is 7.92. The molecule has 1 N–H and O–H groups in total. The average Bonchev–Trinajstić information content (AvgIpc) is 3.18. The largest absolute Gasteiger partial charge is 0.490 e. The van der Waals surface area contributed by atoms with Gasteiger partial charge in [0.15, 0.2) is 0 Å². The van der Waals surface area contributed by atoms with Crippen molar-refractivity contribution in [1.82, 2.24) is 9.62 Å². The van der Waals surface area contributed by atoms with Gasteiger partial charge in [-0.3, -0.25) is 9.52 Å². The van der Waals surface area contributed by atoms with Crippen molar-refractivity contribution in [1.29, 1.82) is 0 Å². The van der Waals surface area contributed by atoms with Crippen LogP contribution in [0.1, 0.15) is 60.0 Å². The predicted octanol–water partition coefficient (Wildman–Crippen LogP) is 5.77. The second-order valence-corrected chi connectivity index (χ2v) is 16.5. The highest BCUT2D eigenvalue weighted by Crippen LogP contribution is 2.47. The number of hydrogen-bond acceptors (Lipinski definition) is 7. The summed E-state index contributed by atoms with van der Waals surface area (Å²) in [6.07, 6.45) is 10.4. The molecule has 2 aromatic carbocycles. The molecule has 12 heteroatoms. The molecule has 0 aromatic heterocycles. The summed E-state index contributed by atoms with van der Waals surface area (Å²) in [5.41, 5.74) is 3.45. The Bertz CT molecular complexity index is 1720. The van der Waals surface area contributed by atoms with E-state index in [9.17, 15) is 13.8 Å². The molecule has 5 aliphatic rings. The zero-order valence-corrected chi connectivity index (χ0v) is 29.3. The van der Waals surface area contributed by atoms with Gasteiger partial charge in [-0.25, -0.2) is 9.00 Å². The second-order valence-electron chi connectivity index (χ2n) is 14.0. The summed E-state index contributed by atoms with van der Waals surface area (Å²) in [6, 6.07) is 11.1. The van der Waals surface area contributed by atoms with E-state index in [0.717, 1.165) is 55.9 Å². The SMILES string of the molecule is COC1CN(C(=O)NS2(=O)=NC(=O)c3ccc4c(c3)N(C[C@@H]3CC[C@H]3[C@@H](OC)/C=C\CCC2)C[C@@]2(CCCc3cc(Cl)ccc32)CO4)C1. The van der Waals surface area contributed by atoms with Gasteiger partial charge >= 0.3 is 6.03 Å². The minimum atomic E-state index is -3.42. The van der Waals surface area contributed by atoms with Gasteiger partial charge in [0.25, 0.3) is 5.91 Å². The van der Waals surface area contributed by atoms with Gasteiger partial charge in [0.1, 0.15) is 15.7 Å². The number of ether oxygens (including phenoxy) is 3. The molecule has 10 nitrogen and oxygen atoms in total. The van der Waals surface area contributed by atoms with Crippen molar-refractivity contribution in [2.75, 3.05) is 57.7 Å². The average molecular weight is 697 g/mol. The quantitative estimate of drug-likeness (QED) is 0.406. The van der Waals surface area contributed by atoms with Crippen molar-refractivity contribution >= 4 is 39.1 Å². The third kappa shape index (κ3) is 6.58. The molecule has 2 bridgehead atoms. The molecule has 2 aromatic rings. The van der Waals surface area contributed by atoms with Crippen molar-refractivity contribution < 1.29 is 28.0 Å². The van der Waals surface area contributed by atoms with Gasteiger partial charge in [-0.2, -0.15) is 0 Å². The molecule has 0 radical (unpaired) electrons. The Hall–Kier alpha value is -3.12. The van der Waals surface area contributed by atoms with E-state index in [0.29, 0.717) is 55.7 Å². The van der Waals surface area contributed by atoms with E-state index in [1.54, 1.807) is 20.3 Å². The van der Waals surface area contributed by atoms with Gasteiger partial charge in [-0.15, -0.1) is 4.36 Å². The first-order valence-corrected chi connectivity index (χ1v) is 19.1. The summed E-state index contributed by atoms with van der Waals surface area (Å²) < 4.78 is 38.9. The van der Waals surface area contributed by atoms with E-state index in [1.807, 2.05) is 18.2 Å². The fraction of sp³-hybridized carbons (Fsp3) is 0.556. The molecule has 1 saturated carbocycles. The number of methoxy groups -OCH3 is 2. The predicted molar refractivity (Wildman–Crippen MR) is 186 cm³/mol. The number of allylic oxidation sites excluding steroid dienone is 1. The van der Waals surface area contributed by atoms with Crippen LogP contribution in [-0.4, -0.2) is 86.0 Å². The van der Waals surface area contributed by atoms with Crippen molar-refractivity contribution in [3.8, 4) is 5.75 Å². The van der Waals surface area contributed by atoms with Crippen LogP contribution in [0.2, 0.25) is 5.02 Å². The maximum absolute atomic E-state index is 14.2. The molecule has 3 heterocycles. The summed E-state index contributed by atoms with van der Waals surface area (Å²) in [5.74, 6) is 0.898. The first kappa shape index (κ1) is 33.4. The first-order chi connectivity index (χ1) is 23.2. The Morgan fingerprint density at radius 3 is 2.73 bits per heavy atom. The number of hydrogen-bond donors (Lipinski definition) is 1. The van der Waals surface area contributed by atoms with Gasteiger partial charge in [0.05, 0.1) is 43.3 Å². The number of urea groups is 1. The smallest absolute Gasteiger partial charge is 0.330 e. The molecule has 2 aliphatic carbocycles. The number of fused-ring (bicyclic) bond motifs is 4. The van der Waals surface area contributed by atoms with Crippen LogP contribution in [0.3, 0.4) is 0 Å². The number of carbonyl (C=O) groups is 2. The highest BCUT2D eigenvalue weighted by Gasteiger charge is 2.44. The molecule has 3 amide bonds. The van der Waals surface area contributed by atoms with Gasteiger partial charge < -0.3 is 24.0 Å². The van der Waals surface area contributed by atoms with Crippen molar-refractivity contribution in [3.63, 3.8) is 0 Å². The van der Waals surface area contributed by atoms with Crippen LogP contribution in [0.4, 0.5) is 10.5 Å². The number of rotatable bonds is 3. The lowest BCUT2D eigenvalue weighted by Gasteiger charge is -2.46. The van der Waals surface area contributed by atoms with E-state index in [1.165, 1.54) is 16.0 Å². The van der Waals surface area contributed by atoms with Crippen molar-refractivity contribution in [2.45, 2.75) is 62.6 Å². The number of nitrogens with zero attached hydrogens (tertiary/aromatic N) is 3. The van der Waals surface area contributed by atoms with Crippen LogP contribution >= 0.6 is 11.6 Å². The van der Waals surface area contributed by atoms with Crippen LogP contribution in [0.25, 0.3) is 0 Å². The number of aryl methyl sites for hydroxylation is 1. The number of likely N-dealkylation sites (tertiary alicyclic amines) is 1. The summed E-state index contributed by atoms with van der Waals surface area (Å²) in [6.45, 7) is 2.83. The fourth-order valence-corrected chi connectivity index (χ4v) is 9.83. The van der Waals surface area contributed by atoms with Gasteiger partial charge in [0, 0.05) is 43.3 Å². The Morgan fingerprint density at radius 2 is 1.96 bits per heavy atom. The third-order valence-electron chi connectivity index (χ3n) is 11.0. The molecule has 1 unspecified atom stereocenters. The number of nitrogens with one attached hydrogen (secondary N) is 1. The number of anilines is 1. The van der Waals surface area contributed by atoms with Gasteiger partial charge in [-0.1, -0.05) is 29.8 Å². The van der Waals surface area contributed by atoms with Crippen LogP contribution in [0.5, 0.6) is 5.75 Å². The van der Waals surface area contributed by atoms with Crippen molar-refractivity contribution in [3.05, 3.63) is 70.3 Å². The van der Waals surface area contributed by atoms with Crippen LogP contribution in [-0.2, 0) is 31.2 Å². The van der Waals surface area contributed by atoms with Crippen LogP contribution in [0, 0.1) is 11.8 Å². The fourth-order valence-electron chi connectivity index (χ4n) is 8.07. The van der Waals surface area contributed by atoms with Gasteiger partial charge in [0.2, 0.25) is 0 Å². The minimum Gasteiger partial charge on any atom is -0.490 e. The number of benzene rings is 2. The molecule has 7 rings (SSSR count). The molecule has 2 fully saturated rings. The Labute approximate surface area is 288 Å². The summed E-state index contributed by atoms with van der Waals surface area (Å²) in [5, 5.41) is 0.744. The summed E-state index contributed by atoms with van der Waals surface area (Å²) >= 11 is 6.44. The third-order valence-corrected chi connectivity index (χ3v) is 13.0. The first-order valence-electron chi connectivity index (χ1n) is 17.1. The molecule has 5 atom stereocenters. The molecule has 1 spiro atoms. The Morgan fingerprint density at radius 1 is 1.10 bits per heavy atom. The molecular formula is C36H45ClN4O6S. The zero-order valence-electron chi connectivity index (χ0n) is 27.7. The van der Waals surface area contributed by atoms with E-state index in [4.69, 9.17) is 25.8 Å². The molecule has 48 heavy (non-hydrogen) atoms. The standard InChI is InChI=1S/C36H45ClN4O6S/c1-45-28-20-40(21-28)35(43)39-48(44)16-5-3-4-8-32(46-2)29-12-9-26(29)19-41-22-36(15-6-7-24-17-27(37)11-13-30(24)36)23-47-33-14-10-25(18-31(33)41)34(42)38-48/h4,8,10-11,13-14,17-18,26,28-29,32H,3,5-7,9,12,15-16,19-23H2,1-2H3,(H,38,39,42,43,44)/b8-4-/t26-,29+,32-,36-,48?/m0/s1. The van der Waals surface area contributed by atoms with Crippen LogP contribution < -0.4 is 14.4 Å².